The van der Waals surface area contributed by atoms with E-state index in [-0.39, 0.29) is 0 Å². The summed E-state index contributed by atoms with van der Waals surface area (Å²) in [6, 6.07) is 27.5. The molecule has 2 nitrogen and oxygen atoms in total. The van der Waals surface area contributed by atoms with E-state index in [1.807, 2.05) is 0 Å². The SMILES string of the molecule is c1ccc2c(c1)Cc1c-2ccc2c1Cc1cc3c(cc1-2)N1c2ccccc2Cc2cncc(c21)C3. The number of hydrogen-bond acceptors (Lipinski definition) is 2. The number of hydrogen-bond donors (Lipinski definition) is 0. The monoisotopic (exact) mass is 446 g/mol. The molecule has 0 spiro atoms. The van der Waals surface area contributed by atoms with Gasteiger partial charge in [-0.3, -0.25) is 4.98 Å². The molecular formula is C33H22N2. The van der Waals surface area contributed by atoms with E-state index in [0.717, 1.165) is 25.7 Å². The third-order valence-electron chi connectivity index (χ3n) is 8.60. The van der Waals surface area contributed by atoms with Crippen LogP contribution in [0.25, 0.3) is 22.3 Å². The molecule has 4 aromatic carbocycles. The number of aromatic nitrogens is 1. The normalized spacial score (nSPS) is 14.9. The van der Waals surface area contributed by atoms with E-state index in [1.54, 1.807) is 0 Å². The first-order valence-corrected chi connectivity index (χ1v) is 12.6. The highest BCUT2D eigenvalue weighted by atomic mass is 15.2. The molecule has 35 heavy (non-hydrogen) atoms. The van der Waals surface area contributed by atoms with Gasteiger partial charge in [0, 0.05) is 30.9 Å². The lowest BCUT2D eigenvalue weighted by molar-refractivity contribution is 0.983. The maximum Gasteiger partial charge on any atom is 0.0563 e. The van der Waals surface area contributed by atoms with Gasteiger partial charge in [0.05, 0.1) is 11.4 Å². The van der Waals surface area contributed by atoms with Crippen molar-refractivity contribution in [2.45, 2.75) is 25.7 Å². The second kappa shape index (κ2) is 6.28. The van der Waals surface area contributed by atoms with Crippen LogP contribution in [-0.4, -0.2) is 4.98 Å². The number of benzene rings is 4. The van der Waals surface area contributed by atoms with Gasteiger partial charge < -0.3 is 4.90 Å². The number of anilines is 3. The average Bonchev–Trinajstić information content (AvgIpc) is 3.45. The lowest BCUT2D eigenvalue weighted by Gasteiger charge is -2.39. The van der Waals surface area contributed by atoms with E-state index < -0.39 is 0 Å². The van der Waals surface area contributed by atoms with Crippen LogP contribution in [-0.2, 0) is 25.7 Å². The molecule has 0 amide bonds. The van der Waals surface area contributed by atoms with Crippen LogP contribution in [0.4, 0.5) is 17.1 Å². The molecule has 2 aliphatic carbocycles. The minimum atomic E-state index is 0.956. The molecule has 0 saturated heterocycles. The molecule has 4 aliphatic rings. The Morgan fingerprint density at radius 3 is 2.03 bits per heavy atom. The van der Waals surface area contributed by atoms with E-state index >= 15 is 0 Å². The third-order valence-corrected chi connectivity index (χ3v) is 8.60. The van der Waals surface area contributed by atoms with Gasteiger partial charge in [-0.15, -0.1) is 0 Å². The molecule has 9 rings (SSSR count). The van der Waals surface area contributed by atoms with Gasteiger partial charge in [-0.05, 0) is 91.7 Å². The van der Waals surface area contributed by atoms with Gasteiger partial charge in [0.2, 0.25) is 0 Å². The molecule has 0 unspecified atom stereocenters. The van der Waals surface area contributed by atoms with Crippen LogP contribution in [0.15, 0.2) is 85.2 Å². The molecule has 3 heterocycles. The van der Waals surface area contributed by atoms with Crippen molar-refractivity contribution in [1.29, 1.82) is 0 Å². The van der Waals surface area contributed by atoms with E-state index in [9.17, 15) is 0 Å². The fourth-order valence-corrected chi connectivity index (χ4v) is 7.10. The fraction of sp³-hybridized carbons (Fsp3) is 0.121. The van der Waals surface area contributed by atoms with Crippen LogP contribution in [0.2, 0.25) is 0 Å². The topological polar surface area (TPSA) is 16.1 Å². The smallest absolute Gasteiger partial charge is 0.0563 e. The Kier molecular flexibility index (Phi) is 3.27. The minimum absolute atomic E-state index is 0.956. The Labute approximate surface area is 204 Å². The summed E-state index contributed by atoms with van der Waals surface area (Å²) in [6.45, 7) is 0. The zero-order valence-electron chi connectivity index (χ0n) is 19.3. The largest absolute Gasteiger partial charge is 0.309 e. The average molecular weight is 447 g/mol. The Hall–Kier alpha value is -4.17. The van der Waals surface area contributed by atoms with Crippen LogP contribution in [0.3, 0.4) is 0 Å². The van der Waals surface area contributed by atoms with Crippen LogP contribution < -0.4 is 4.90 Å². The predicted octanol–water partition coefficient (Wildman–Crippen LogP) is 7.50. The molecule has 5 aromatic rings. The summed E-state index contributed by atoms with van der Waals surface area (Å²) in [5.41, 5.74) is 21.2. The van der Waals surface area contributed by atoms with Crippen LogP contribution in [0.5, 0.6) is 0 Å². The van der Waals surface area contributed by atoms with Crippen LogP contribution >= 0.6 is 0 Å². The number of fused-ring (bicyclic) bond motifs is 11. The lowest BCUT2D eigenvalue weighted by atomic mass is 9.86. The first-order valence-electron chi connectivity index (χ1n) is 12.6. The quantitative estimate of drug-likeness (QED) is 0.240. The first-order chi connectivity index (χ1) is 17.3. The molecule has 2 heteroatoms. The molecule has 0 radical (unpaired) electrons. The maximum atomic E-state index is 4.62. The minimum Gasteiger partial charge on any atom is -0.309 e. The summed E-state index contributed by atoms with van der Waals surface area (Å²) in [7, 11) is 0. The van der Waals surface area contributed by atoms with Crippen molar-refractivity contribution in [3.8, 4) is 22.3 Å². The van der Waals surface area contributed by atoms with Gasteiger partial charge in [0.25, 0.3) is 0 Å². The van der Waals surface area contributed by atoms with Gasteiger partial charge in [0.15, 0.2) is 0 Å². The van der Waals surface area contributed by atoms with Gasteiger partial charge >= 0.3 is 0 Å². The van der Waals surface area contributed by atoms with Crippen molar-refractivity contribution in [3.05, 3.63) is 130 Å². The highest BCUT2D eigenvalue weighted by Gasteiger charge is 2.34. The summed E-state index contributed by atoms with van der Waals surface area (Å²) < 4.78 is 0. The summed E-state index contributed by atoms with van der Waals surface area (Å²) in [4.78, 5) is 7.14. The molecule has 2 aliphatic heterocycles. The van der Waals surface area contributed by atoms with Crippen molar-refractivity contribution in [2.75, 3.05) is 4.90 Å². The molecule has 0 atom stereocenters. The zero-order valence-corrected chi connectivity index (χ0v) is 19.3. The van der Waals surface area contributed by atoms with Crippen LogP contribution in [0.1, 0.15) is 44.5 Å². The Bertz CT molecular complexity index is 1760. The molecule has 0 N–H and O–H groups in total. The summed E-state index contributed by atoms with van der Waals surface area (Å²) >= 11 is 0. The highest BCUT2D eigenvalue weighted by Crippen LogP contribution is 2.53. The standard InChI is InChI=1S/C33H22N2/c1-3-7-25-19(5-1)14-29-26(25)9-10-27-28-16-32-22(12-21(28)15-30(27)29)13-24-18-34-17-23-11-20-6-2-4-8-31(20)35(32)33(23)24/h1-10,12,16-18H,11,13-15H2. The van der Waals surface area contributed by atoms with Crippen molar-refractivity contribution < 1.29 is 0 Å². The molecular weight excluding hydrogens is 424 g/mol. The predicted molar refractivity (Wildman–Crippen MR) is 141 cm³/mol. The van der Waals surface area contributed by atoms with Gasteiger partial charge in [0.1, 0.15) is 0 Å². The molecule has 0 saturated carbocycles. The second-order valence-corrected chi connectivity index (χ2v) is 10.4. The van der Waals surface area contributed by atoms with Gasteiger partial charge in [-0.2, -0.15) is 0 Å². The molecule has 164 valence electrons. The lowest BCUT2D eigenvalue weighted by Crippen LogP contribution is -2.25. The first kappa shape index (κ1) is 18.2. The van der Waals surface area contributed by atoms with E-state index in [1.165, 1.54) is 83.8 Å². The van der Waals surface area contributed by atoms with Gasteiger partial charge in [-0.25, -0.2) is 0 Å². The number of pyridine rings is 1. The maximum absolute atomic E-state index is 4.62. The van der Waals surface area contributed by atoms with E-state index in [4.69, 9.17) is 0 Å². The highest BCUT2D eigenvalue weighted by molar-refractivity contribution is 5.93. The number of para-hydroxylation sites is 1. The Morgan fingerprint density at radius 2 is 1.17 bits per heavy atom. The van der Waals surface area contributed by atoms with Crippen molar-refractivity contribution >= 4 is 17.1 Å². The number of rotatable bonds is 0. The number of nitrogens with zero attached hydrogens (tertiary/aromatic N) is 2. The molecule has 0 fully saturated rings. The molecule has 0 bridgehead atoms. The van der Waals surface area contributed by atoms with Gasteiger partial charge in [-0.1, -0.05) is 60.7 Å². The molecule has 1 aromatic heterocycles. The third kappa shape index (κ3) is 2.27. The van der Waals surface area contributed by atoms with Crippen molar-refractivity contribution in [1.82, 2.24) is 4.98 Å². The fourth-order valence-electron chi connectivity index (χ4n) is 7.10. The van der Waals surface area contributed by atoms with E-state index in [0.29, 0.717) is 0 Å². The van der Waals surface area contributed by atoms with Crippen molar-refractivity contribution in [2.24, 2.45) is 0 Å². The summed E-state index contributed by atoms with van der Waals surface area (Å²) in [5, 5.41) is 0. The summed E-state index contributed by atoms with van der Waals surface area (Å²) in [5.74, 6) is 0. The second-order valence-electron chi connectivity index (χ2n) is 10.4. The Morgan fingerprint density at radius 1 is 0.486 bits per heavy atom. The van der Waals surface area contributed by atoms with E-state index in [2.05, 4.69) is 95.1 Å². The summed E-state index contributed by atoms with van der Waals surface area (Å²) in [6.07, 6.45) is 8.15. The van der Waals surface area contributed by atoms with Crippen LogP contribution in [0, 0.1) is 0 Å². The Balaban J connectivity index is 1.26. The van der Waals surface area contributed by atoms with Crippen molar-refractivity contribution in [3.63, 3.8) is 0 Å². The zero-order chi connectivity index (χ0) is 22.7.